The summed E-state index contributed by atoms with van der Waals surface area (Å²) in [5, 5.41) is 0. The Morgan fingerprint density at radius 3 is 2.10 bits per heavy atom. The van der Waals surface area contributed by atoms with Crippen molar-refractivity contribution in [1.82, 2.24) is 0 Å². The molecule has 0 radical (unpaired) electrons. The minimum atomic E-state index is -1.73. The second kappa shape index (κ2) is 8.97. The Morgan fingerprint density at radius 2 is 1.65 bits per heavy atom. The van der Waals surface area contributed by atoms with Gasteiger partial charge in [0.2, 0.25) is 0 Å². The highest BCUT2D eigenvalue weighted by molar-refractivity contribution is 7.03. The quantitative estimate of drug-likeness (QED) is 0.340. The first-order valence-electron chi connectivity index (χ1n) is 7.05. The molecule has 0 aliphatic carbocycles. The number of ether oxygens (including phenoxy) is 2. The van der Waals surface area contributed by atoms with Crippen LogP contribution in [0.15, 0.2) is 36.8 Å². The molecule has 0 fully saturated rings. The van der Waals surface area contributed by atoms with Gasteiger partial charge in [0.25, 0.3) is 0 Å². The van der Waals surface area contributed by atoms with Gasteiger partial charge >= 0.3 is 6.16 Å². The molecule has 0 aromatic rings. The van der Waals surface area contributed by atoms with E-state index in [1.807, 2.05) is 0 Å². The van der Waals surface area contributed by atoms with Crippen LogP contribution in [0.5, 0.6) is 0 Å². The molecule has 0 atom stereocenters. The second-order valence-corrected chi connectivity index (χ2v) is 15.4. The fourth-order valence-electron chi connectivity index (χ4n) is 2.25. The van der Waals surface area contributed by atoms with E-state index in [9.17, 15) is 4.79 Å². The summed E-state index contributed by atoms with van der Waals surface area (Å²) in [7, 11) is -3.10. The molecule has 114 valence electrons. The van der Waals surface area contributed by atoms with Crippen molar-refractivity contribution in [2.24, 2.45) is 0 Å². The van der Waals surface area contributed by atoms with Crippen LogP contribution in [-0.2, 0) is 9.47 Å². The Morgan fingerprint density at radius 1 is 1.10 bits per heavy atom. The van der Waals surface area contributed by atoms with Crippen LogP contribution >= 0.6 is 0 Å². The first kappa shape index (κ1) is 18.9. The Kier molecular flexibility index (Phi) is 8.49. The number of hydrogen-bond acceptors (Lipinski definition) is 3. The zero-order valence-corrected chi connectivity index (χ0v) is 15.1. The summed E-state index contributed by atoms with van der Waals surface area (Å²) in [5.41, 5.74) is 7.32. The molecule has 0 aromatic heterocycles. The molecule has 3 nitrogen and oxygen atoms in total. The van der Waals surface area contributed by atoms with E-state index in [0.717, 1.165) is 18.1 Å². The summed E-state index contributed by atoms with van der Waals surface area (Å²) in [6.45, 7) is 19.1. The predicted octanol–water partition coefficient (Wildman–Crippen LogP) is 4.42. The molecule has 0 saturated carbocycles. The van der Waals surface area contributed by atoms with Crippen molar-refractivity contribution in [3.05, 3.63) is 36.8 Å². The third kappa shape index (κ3) is 6.91. The monoisotopic (exact) mass is 312 g/mol. The topological polar surface area (TPSA) is 35.5 Å². The van der Waals surface area contributed by atoms with Crippen LogP contribution in [0.2, 0.25) is 24.8 Å². The van der Waals surface area contributed by atoms with Crippen LogP contribution in [0.3, 0.4) is 0 Å². The van der Waals surface area contributed by atoms with Crippen molar-refractivity contribution >= 4 is 22.3 Å². The second-order valence-electron chi connectivity index (χ2n) is 5.70. The molecule has 0 amide bonds. The van der Waals surface area contributed by atoms with Crippen molar-refractivity contribution in [3.8, 4) is 0 Å². The number of rotatable bonds is 10. The van der Waals surface area contributed by atoms with Crippen LogP contribution in [0, 0.1) is 0 Å². The summed E-state index contributed by atoms with van der Waals surface area (Å²) < 4.78 is 9.72. The van der Waals surface area contributed by atoms with Gasteiger partial charge in [0.15, 0.2) is 0 Å². The zero-order valence-electron chi connectivity index (χ0n) is 13.1. The molecule has 0 aliphatic rings. The van der Waals surface area contributed by atoms with E-state index in [-0.39, 0.29) is 0 Å². The average molecular weight is 313 g/mol. The number of hydrogen-bond donors (Lipinski definition) is 0. The molecule has 0 unspecified atom stereocenters. The maximum absolute atomic E-state index is 11.1. The van der Waals surface area contributed by atoms with E-state index >= 15 is 0 Å². The first-order chi connectivity index (χ1) is 9.34. The van der Waals surface area contributed by atoms with Crippen LogP contribution in [0.25, 0.3) is 0 Å². The van der Waals surface area contributed by atoms with Crippen molar-refractivity contribution in [2.75, 3.05) is 13.2 Å². The molecule has 5 heteroatoms. The fourth-order valence-corrected chi connectivity index (χ4v) is 12.9. The molecule has 0 N–H and O–H groups in total. The summed E-state index contributed by atoms with van der Waals surface area (Å²) in [6.07, 6.45) is 0.312. The summed E-state index contributed by atoms with van der Waals surface area (Å²) in [4.78, 5) is 11.1. The van der Waals surface area contributed by atoms with Gasteiger partial charge in [-0.25, -0.2) is 4.79 Å². The van der Waals surface area contributed by atoms with Crippen LogP contribution < -0.4 is 0 Å². The normalized spacial score (nSPS) is 11.6. The number of carbonyl (C=O) groups is 1. The largest absolute Gasteiger partial charge is 0.508 e. The third-order valence-electron chi connectivity index (χ3n) is 3.40. The predicted molar refractivity (Wildman–Crippen MR) is 91.0 cm³/mol. The smallest absolute Gasteiger partial charge is 0.435 e. The van der Waals surface area contributed by atoms with Crippen LogP contribution in [0.1, 0.15) is 13.3 Å². The van der Waals surface area contributed by atoms with Crippen molar-refractivity contribution in [3.63, 3.8) is 0 Å². The molecular formula is C15H28O3Si2. The lowest BCUT2D eigenvalue weighted by molar-refractivity contribution is 0.0591. The standard InChI is InChI=1S/C15H28O3Si2/c1-7-17-15(16)18-12-11-13-19(5,6)14-20(8-2,9-3)10-4/h8-10H,2-4,7,11-14H2,1,5-6H3. The lowest BCUT2D eigenvalue weighted by atomic mass is 10.5. The van der Waals surface area contributed by atoms with Gasteiger partial charge in [0.05, 0.1) is 13.2 Å². The summed E-state index contributed by atoms with van der Waals surface area (Å²) >= 11 is 0. The molecule has 0 saturated heterocycles. The Labute approximate surface area is 125 Å². The Bertz CT molecular complexity index is 329. The highest BCUT2D eigenvalue weighted by Crippen LogP contribution is 2.26. The van der Waals surface area contributed by atoms with E-state index in [1.54, 1.807) is 6.92 Å². The SMILES string of the molecule is C=C[Si](C=C)(C=C)C[Si](C)(C)CCCOC(=O)OCC. The minimum absolute atomic E-state index is 0.352. The van der Waals surface area contributed by atoms with Crippen molar-refractivity contribution < 1.29 is 14.3 Å². The van der Waals surface area contributed by atoms with Crippen LogP contribution in [0.4, 0.5) is 4.79 Å². The highest BCUT2D eigenvalue weighted by atomic mass is 28.4. The van der Waals surface area contributed by atoms with Gasteiger partial charge in [-0.3, -0.25) is 0 Å². The lowest BCUT2D eigenvalue weighted by Crippen LogP contribution is -2.40. The first-order valence-corrected chi connectivity index (χ1v) is 12.9. The molecule has 0 spiro atoms. The highest BCUT2D eigenvalue weighted by Gasteiger charge is 2.32. The molecule has 0 bridgehead atoms. The van der Waals surface area contributed by atoms with Gasteiger partial charge in [-0.05, 0) is 13.3 Å². The maximum Gasteiger partial charge on any atom is 0.508 e. The van der Waals surface area contributed by atoms with E-state index in [0.29, 0.717) is 13.2 Å². The van der Waals surface area contributed by atoms with Crippen molar-refractivity contribution in [2.45, 2.75) is 38.2 Å². The molecule has 0 aliphatic heterocycles. The van der Waals surface area contributed by atoms with Gasteiger partial charge in [-0.15, -0.1) is 19.7 Å². The molecule has 0 aromatic carbocycles. The van der Waals surface area contributed by atoms with E-state index < -0.39 is 22.3 Å². The van der Waals surface area contributed by atoms with E-state index in [2.05, 4.69) is 49.9 Å². The Hall–Kier alpha value is -1.08. The fraction of sp³-hybridized carbons (Fsp3) is 0.533. The maximum atomic E-state index is 11.1. The summed E-state index contributed by atoms with van der Waals surface area (Å²) in [5.74, 6) is 0. The van der Waals surface area contributed by atoms with Gasteiger partial charge < -0.3 is 9.47 Å². The molecular weight excluding hydrogens is 284 g/mol. The van der Waals surface area contributed by atoms with Gasteiger partial charge in [0, 0.05) is 8.07 Å². The van der Waals surface area contributed by atoms with Crippen molar-refractivity contribution in [1.29, 1.82) is 0 Å². The van der Waals surface area contributed by atoms with Gasteiger partial charge in [0.1, 0.15) is 8.07 Å². The minimum Gasteiger partial charge on any atom is -0.435 e. The van der Waals surface area contributed by atoms with E-state index in [4.69, 9.17) is 9.47 Å². The molecule has 0 heterocycles. The number of carbonyl (C=O) groups excluding carboxylic acids is 1. The molecule has 20 heavy (non-hydrogen) atoms. The van der Waals surface area contributed by atoms with Gasteiger partial charge in [-0.1, -0.05) is 41.9 Å². The Balaban J connectivity index is 4.25. The zero-order chi connectivity index (χ0) is 15.6. The molecule has 0 rings (SSSR count). The summed E-state index contributed by atoms with van der Waals surface area (Å²) in [6, 6.07) is 1.11. The average Bonchev–Trinajstić information content (AvgIpc) is 2.41. The van der Waals surface area contributed by atoms with Crippen LogP contribution in [-0.4, -0.2) is 35.5 Å². The third-order valence-corrected chi connectivity index (χ3v) is 13.7. The lowest BCUT2D eigenvalue weighted by Gasteiger charge is -2.31. The van der Waals surface area contributed by atoms with Gasteiger partial charge in [-0.2, -0.15) is 0 Å². The van der Waals surface area contributed by atoms with E-state index in [1.165, 1.54) is 0 Å².